The molecule has 126 valence electrons. The van der Waals surface area contributed by atoms with Crippen LogP contribution in [0.25, 0.3) is 11.1 Å². The number of ether oxygens (including phenoxy) is 1. The van der Waals surface area contributed by atoms with Gasteiger partial charge in [-0.2, -0.15) is 0 Å². The van der Waals surface area contributed by atoms with E-state index in [2.05, 4.69) is 17.6 Å². The number of rotatable bonds is 4. The standard InChI is InChI=1S/C20H24N2O2/c1-14-12-16(10-11-21-14)20(23)22-17-7-5-6-15(13-17)18-8-3-4-9-19(18)24-2/h3-9,13-14,16,21H,10-12H2,1-2H3,(H,22,23)/t14-,16-/m0/s1. The Labute approximate surface area is 143 Å². The van der Waals surface area contributed by atoms with E-state index in [1.807, 2.05) is 48.5 Å². The monoisotopic (exact) mass is 324 g/mol. The van der Waals surface area contributed by atoms with Crippen LogP contribution in [0.15, 0.2) is 48.5 Å². The lowest BCUT2D eigenvalue weighted by atomic mass is 9.92. The first-order valence-electron chi connectivity index (χ1n) is 8.45. The lowest BCUT2D eigenvalue weighted by molar-refractivity contribution is -0.120. The molecule has 0 radical (unpaired) electrons. The summed E-state index contributed by atoms with van der Waals surface area (Å²) in [6.45, 7) is 3.03. The molecule has 0 spiro atoms. The van der Waals surface area contributed by atoms with Gasteiger partial charge in [-0.25, -0.2) is 0 Å². The molecular weight excluding hydrogens is 300 g/mol. The summed E-state index contributed by atoms with van der Waals surface area (Å²) in [5, 5.41) is 6.45. The zero-order valence-corrected chi connectivity index (χ0v) is 14.2. The highest BCUT2D eigenvalue weighted by Crippen LogP contribution is 2.31. The van der Waals surface area contributed by atoms with Gasteiger partial charge in [-0.3, -0.25) is 4.79 Å². The maximum Gasteiger partial charge on any atom is 0.227 e. The highest BCUT2D eigenvalue weighted by molar-refractivity contribution is 5.93. The van der Waals surface area contributed by atoms with Gasteiger partial charge in [0.05, 0.1) is 7.11 Å². The van der Waals surface area contributed by atoms with Gasteiger partial charge in [-0.15, -0.1) is 0 Å². The zero-order valence-electron chi connectivity index (χ0n) is 14.2. The zero-order chi connectivity index (χ0) is 16.9. The number of hydrogen-bond acceptors (Lipinski definition) is 3. The van der Waals surface area contributed by atoms with Crippen LogP contribution in [-0.2, 0) is 4.79 Å². The molecule has 0 aliphatic carbocycles. The quantitative estimate of drug-likeness (QED) is 0.902. The number of anilines is 1. The molecule has 4 heteroatoms. The van der Waals surface area contributed by atoms with Crippen LogP contribution in [0.4, 0.5) is 5.69 Å². The largest absolute Gasteiger partial charge is 0.496 e. The maximum atomic E-state index is 12.5. The van der Waals surface area contributed by atoms with E-state index in [4.69, 9.17) is 4.74 Å². The van der Waals surface area contributed by atoms with Crippen LogP contribution in [-0.4, -0.2) is 25.6 Å². The molecule has 0 unspecified atom stereocenters. The molecule has 24 heavy (non-hydrogen) atoms. The minimum Gasteiger partial charge on any atom is -0.496 e. The highest BCUT2D eigenvalue weighted by atomic mass is 16.5. The summed E-state index contributed by atoms with van der Waals surface area (Å²) in [4.78, 5) is 12.5. The van der Waals surface area contributed by atoms with E-state index in [0.717, 1.165) is 42.0 Å². The number of carbonyl (C=O) groups excluding carboxylic acids is 1. The molecule has 2 aromatic carbocycles. The van der Waals surface area contributed by atoms with Crippen LogP contribution in [0.1, 0.15) is 19.8 Å². The summed E-state index contributed by atoms with van der Waals surface area (Å²) in [5.74, 6) is 1.02. The van der Waals surface area contributed by atoms with Crippen molar-refractivity contribution in [1.29, 1.82) is 0 Å². The predicted molar refractivity (Wildman–Crippen MR) is 97.2 cm³/mol. The van der Waals surface area contributed by atoms with Crippen molar-refractivity contribution >= 4 is 11.6 Å². The van der Waals surface area contributed by atoms with Gasteiger partial charge in [0.15, 0.2) is 0 Å². The average molecular weight is 324 g/mol. The Morgan fingerprint density at radius 2 is 2.04 bits per heavy atom. The number of piperidine rings is 1. The van der Waals surface area contributed by atoms with E-state index in [1.54, 1.807) is 7.11 Å². The molecule has 1 heterocycles. The van der Waals surface area contributed by atoms with E-state index >= 15 is 0 Å². The first-order valence-corrected chi connectivity index (χ1v) is 8.45. The van der Waals surface area contributed by atoms with Crippen molar-refractivity contribution in [2.75, 3.05) is 19.0 Å². The van der Waals surface area contributed by atoms with E-state index in [0.29, 0.717) is 6.04 Å². The van der Waals surface area contributed by atoms with Gasteiger partial charge in [-0.05, 0) is 50.1 Å². The third-order valence-corrected chi connectivity index (χ3v) is 4.54. The number of methoxy groups -OCH3 is 1. The number of hydrogen-bond donors (Lipinski definition) is 2. The third-order valence-electron chi connectivity index (χ3n) is 4.54. The molecule has 2 aromatic rings. The van der Waals surface area contributed by atoms with Crippen LogP contribution in [0.2, 0.25) is 0 Å². The van der Waals surface area contributed by atoms with Crippen LogP contribution in [0.5, 0.6) is 5.75 Å². The van der Waals surface area contributed by atoms with Gasteiger partial charge >= 0.3 is 0 Å². The molecule has 1 aliphatic rings. The van der Waals surface area contributed by atoms with Gasteiger partial charge < -0.3 is 15.4 Å². The molecule has 1 amide bonds. The lowest BCUT2D eigenvalue weighted by Gasteiger charge is -2.27. The van der Waals surface area contributed by atoms with Crippen LogP contribution >= 0.6 is 0 Å². The maximum absolute atomic E-state index is 12.5. The summed E-state index contributed by atoms with van der Waals surface area (Å²) < 4.78 is 5.43. The van der Waals surface area contributed by atoms with Crippen LogP contribution < -0.4 is 15.4 Å². The van der Waals surface area contributed by atoms with Gasteiger partial charge in [0, 0.05) is 23.2 Å². The fourth-order valence-corrected chi connectivity index (χ4v) is 3.26. The van der Waals surface area contributed by atoms with Gasteiger partial charge in [0.25, 0.3) is 0 Å². The number of amides is 1. The topological polar surface area (TPSA) is 50.4 Å². The van der Waals surface area contributed by atoms with Crippen molar-refractivity contribution in [2.45, 2.75) is 25.8 Å². The Morgan fingerprint density at radius 1 is 1.21 bits per heavy atom. The van der Waals surface area contributed by atoms with E-state index in [1.165, 1.54) is 0 Å². The minimum atomic E-state index is 0.0798. The fourth-order valence-electron chi connectivity index (χ4n) is 3.26. The highest BCUT2D eigenvalue weighted by Gasteiger charge is 2.24. The van der Waals surface area contributed by atoms with E-state index in [-0.39, 0.29) is 11.8 Å². The molecule has 1 fully saturated rings. The molecule has 1 aliphatic heterocycles. The van der Waals surface area contributed by atoms with Crippen molar-refractivity contribution in [3.8, 4) is 16.9 Å². The summed E-state index contributed by atoms with van der Waals surface area (Å²) in [6.07, 6.45) is 1.78. The number of benzene rings is 2. The van der Waals surface area contributed by atoms with Crippen LogP contribution in [0.3, 0.4) is 0 Å². The molecule has 2 atom stereocenters. The molecule has 3 rings (SSSR count). The Balaban J connectivity index is 1.77. The lowest BCUT2D eigenvalue weighted by Crippen LogP contribution is -2.40. The average Bonchev–Trinajstić information content (AvgIpc) is 2.62. The van der Waals surface area contributed by atoms with Crippen molar-refractivity contribution in [3.63, 3.8) is 0 Å². The Morgan fingerprint density at radius 3 is 2.83 bits per heavy atom. The summed E-state index contributed by atoms with van der Waals surface area (Å²) in [7, 11) is 1.67. The van der Waals surface area contributed by atoms with Crippen molar-refractivity contribution in [2.24, 2.45) is 5.92 Å². The SMILES string of the molecule is COc1ccccc1-c1cccc(NC(=O)[C@H]2CCN[C@@H](C)C2)c1. The Kier molecular flexibility index (Phi) is 5.16. The Bertz CT molecular complexity index is 714. The van der Waals surface area contributed by atoms with Gasteiger partial charge in [0.2, 0.25) is 5.91 Å². The second-order valence-corrected chi connectivity index (χ2v) is 6.35. The van der Waals surface area contributed by atoms with E-state index in [9.17, 15) is 4.79 Å². The molecule has 2 N–H and O–H groups in total. The van der Waals surface area contributed by atoms with Crippen molar-refractivity contribution in [3.05, 3.63) is 48.5 Å². The Hall–Kier alpha value is -2.33. The number of para-hydroxylation sites is 1. The minimum absolute atomic E-state index is 0.0798. The third kappa shape index (κ3) is 3.77. The fraction of sp³-hybridized carbons (Fsp3) is 0.350. The van der Waals surface area contributed by atoms with Crippen molar-refractivity contribution < 1.29 is 9.53 Å². The molecule has 0 bridgehead atoms. The number of carbonyl (C=O) groups is 1. The van der Waals surface area contributed by atoms with Crippen LogP contribution in [0, 0.1) is 5.92 Å². The predicted octanol–water partition coefficient (Wildman–Crippen LogP) is 3.69. The smallest absolute Gasteiger partial charge is 0.227 e. The first kappa shape index (κ1) is 16.5. The van der Waals surface area contributed by atoms with Gasteiger partial charge in [-0.1, -0.05) is 30.3 Å². The molecule has 0 saturated carbocycles. The summed E-state index contributed by atoms with van der Waals surface area (Å²) >= 11 is 0. The molecular formula is C20H24N2O2. The summed E-state index contributed by atoms with van der Waals surface area (Å²) in [6, 6.07) is 16.2. The van der Waals surface area contributed by atoms with Crippen molar-refractivity contribution in [1.82, 2.24) is 5.32 Å². The first-order chi connectivity index (χ1) is 11.7. The molecule has 1 saturated heterocycles. The summed E-state index contributed by atoms with van der Waals surface area (Å²) in [5.41, 5.74) is 2.88. The van der Waals surface area contributed by atoms with E-state index < -0.39 is 0 Å². The normalized spacial score (nSPS) is 20.4. The molecule has 0 aromatic heterocycles. The molecule has 4 nitrogen and oxygen atoms in total. The second kappa shape index (κ2) is 7.49. The second-order valence-electron chi connectivity index (χ2n) is 6.35. The number of nitrogens with one attached hydrogen (secondary N) is 2. The van der Waals surface area contributed by atoms with Gasteiger partial charge in [0.1, 0.15) is 5.75 Å².